The average molecular weight is 623 g/mol. The molecule has 0 heterocycles. The van der Waals surface area contributed by atoms with E-state index in [-0.39, 0.29) is 32.1 Å². The normalized spacial score (nSPS) is 18.2. The molecular weight excluding hydrogens is 580 g/mol. The van der Waals surface area contributed by atoms with Gasteiger partial charge in [-0.25, -0.2) is 0 Å². The maximum absolute atomic E-state index is 11.2. The minimum absolute atomic E-state index is 0.0227. The molecule has 1 aliphatic carbocycles. The Balaban J connectivity index is 1.25. The third kappa shape index (κ3) is 6.62. The summed E-state index contributed by atoms with van der Waals surface area (Å²) in [4.78, 5) is 21.6. The summed E-state index contributed by atoms with van der Waals surface area (Å²) in [7, 11) is 0. The zero-order valence-corrected chi connectivity index (χ0v) is 27.7. The highest BCUT2D eigenvalue weighted by molar-refractivity contribution is 5.49. The van der Waals surface area contributed by atoms with Gasteiger partial charge in [-0.05, 0) is 129 Å². The summed E-state index contributed by atoms with van der Waals surface area (Å²) in [5, 5.41) is 22.3. The van der Waals surface area contributed by atoms with Gasteiger partial charge in [0.1, 0.15) is 23.0 Å². The van der Waals surface area contributed by atoms with E-state index in [0.29, 0.717) is 28.5 Å². The van der Waals surface area contributed by atoms with Crippen LogP contribution in [0.2, 0.25) is 0 Å². The molecule has 0 amide bonds. The molecule has 0 unspecified atom stereocenters. The maximum Gasteiger partial charge on any atom is 0.272 e. The largest absolute Gasteiger partial charge is 0.457 e. The fourth-order valence-corrected chi connectivity index (χ4v) is 6.85. The molecule has 0 N–H and O–H groups in total. The summed E-state index contributed by atoms with van der Waals surface area (Å²) in [6.45, 7) is 14.6. The third-order valence-electron chi connectivity index (χ3n) is 10.1. The van der Waals surface area contributed by atoms with Gasteiger partial charge in [0.25, 0.3) is 11.4 Å². The minimum Gasteiger partial charge on any atom is -0.457 e. The highest BCUT2D eigenvalue weighted by Gasteiger charge is 2.39. The summed E-state index contributed by atoms with van der Waals surface area (Å²) >= 11 is 0. The van der Waals surface area contributed by atoms with Gasteiger partial charge in [-0.15, -0.1) is 0 Å². The Hall–Kier alpha value is -4.72. The van der Waals surface area contributed by atoms with E-state index in [1.165, 1.54) is 23.3 Å². The van der Waals surface area contributed by atoms with Gasteiger partial charge in [0, 0.05) is 23.3 Å². The van der Waals surface area contributed by atoms with Crippen molar-refractivity contribution >= 4 is 11.4 Å². The number of nitrogens with zero attached hydrogens (tertiary/aromatic N) is 2. The molecule has 0 spiro atoms. The SMILES string of the molecule is Cc1cc(C2(C)CCC(C(C)(C)c3ccc(Oc4ccc([N+](=O)[O-])c(C)c4)c(C)c3)CC2)ccc1Oc1ccc([N+](=O)[O-])c(C)c1. The van der Waals surface area contributed by atoms with Crippen LogP contribution >= 0.6 is 0 Å². The molecule has 1 fully saturated rings. The van der Waals surface area contributed by atoms with Gasteiger partial charge in [0.2, 0.25) is 0 Å². The number of nitro benzene ring substituents is 2. The summed E-state index contributed by atoms with van der Waals surface area (Å²) < 4.78 is 12.3. The lowest BCUT2D eigenvalue weighted by molar-refractivity contribution is -0.385. The van der Waals surface area contributed by atoms with Crippen LogP contribution < -0.4 is 9.47 Å². The number of aryl methyl sites for hydroxylation is 4. The zero-order valence-electron chi connectivity index (χ0n) is 27.7. The highest BCUT2D eigenvalue weighted by Crippen LogP contribution is 2.49. The van der Waals surface area contributed by atoms with Crippen LogP contribution in [-0.2, 0) is 10.8 Å². The molecule has 46 heavy (non-hydrogen) atoms. The maximum atomic E-state index is 11.2. The average Bonchev–Trinajstić information content (AvgIpc) is 2.99. The molecule has 0 radical (unpaired) electrons. The Labute approximate surface area is 270 Å². The van der Waals surface area contributed by atoms with Gasteiger partial charge in [-0.1, -0.05) is 45.0 Å². The zero-order chi connectivity index (χ0) is 33.4. The molecule has 0 aliphatic heterocycles. The van der Waals surface area contributed by atoms with Gasteiger partial charge in [0.05, 0.1) is 9.85 Å². The Bertz CT molecular complexity index is 1800. The van der Waals surface area contributed by atoms with E-state index in [0.717, 1.165) is 48.3 Å². The van der Waals surface area contributed by atoms with Crippen molar-refractivity contribution in [3.63, 3.8) is 0 Å². The van der Waals surface area contributed by atoms with Crippen molar-refractivity contribution in [3.8, 4) is 23.0 Å². The second-order valence-corrected chi connectivity index (χ2v) is 13.6. The summed E-state index contributed by atoms with van der Waals surface area (Å²) in [5.41, 5.74) is 6.02. The standard InChI is InChI=1S/C38H42N2O6/c1-24-22-31(10-12-33(24)39(41)42)45-35-14-8-29(20-26(35)3)37(5,6)28-16-18-38(7,19-17-28)30-9-15-36(27(4)21-30)46-32-11-13-34(40(43)44)25(2)23-32/h8-15,20-23,28H,16-19H2,1-7H3. The van der Waals surface area contributed by atoms with Crippen molar-refractivity contribution < 1.29 is 19.3 Å². The second kappa shape index (κ2) is 12.6. The first-order valence-corrected chi connectivity index (χ1v) is 15.8. The Morgan fingerprint density at radius 3 is 1.59 bits per heavy atom. The van der Waals surface area contributed by atoms with Crippen molar-refractivity contribution in [2.45, 2.75) is 85.0 Å². The van der Waals surface area contributed by atoms with Crippen LogP contribution in [0.4, 0.5) is 11.4 Å². The van der Waals surface area contributed by atoms with Crippen molar-refractivity contribution in [2.75, 3.05) is 0 Å². The number of hydrogen-bond acceptors (Lipinski definition) is 6. The van der Waals surface area contributed by atoms with Gasteiger partial charge in [-0.2, -0.15) is 0 Å². The number of hydrogen-bond donors (Lipinski definition) is 0. The molecule has 0 bridgehead atoms. The van der Waals surface area contributed by atoms with Crippen molar-refractivity contribution in [1.29, 1.82) is 0 Å². The fraction of sp³-hybridized carbons (Fsp3) is 0.368. The Morgan fingerprint density at radius 2 is 1.15 bits per heavy atom. The van der Waals surface area contributed by atoms with E-state index in [1.807, 2.05) is 26.0 Å². The molecular formula is C38H42N2O6. The highest BCUT2D eigenvalue weighted by atomic mass is 16.6. The summed E-state index contributed by atoms with van der Waals surface area (Å²) in [6.07, 6.45) is 4.40. The van der Waals surface area contributed by atoms with E-state index in [1.54, 1.807) is 38.1 Å². The molecule has 0 aromatic heterocycles. The predicted octanol–water partition coefficient (Wildman–Crippen LogP) is 10.7. The Morgan fingerprint density at radius 1 is 0.674 bits per heavy atom. The number of nitro groups is 2. The lowest BCUT2D eigenvalue weighted by atomic mass is 9.60. The second-order valence-electron chi connectivity index (χ2n) is 13.6. The van der Waals surface area contributed by atoms with Crippen molar-refractivity contribution in [3.05, 3.63) is 126 Å². The van der Waals surface area contributed by atoms with E-state index in [2.05, 4.69) is 45.0 Å². The molecule has 0 atom stereocenters. The van der Waals surface area contributed by atoms with Crippen LogP contribution in [0.5, 0.6) is 23.0 Å². The third-order valence-corrected chi connectivity index (χ3v) is 10.1. The minimum atomic E-state index is -0.381. The number of ether oxygens (including phenoxy) is 2. The Kier molecular flexibility index (Phi) is 8.94. The van der Waals surface area contributed by atoms with Crippen LogP contribution in [0.1, 0.15) is 79.8 Å². The number of rotatable bonds is 9. The molecule has 8 nitrogen and oxygen atoms in total. The van der Waals surface area contributed by atoms with E-state index >= 15 is 0 Å². The molecule has 1 aliphatic rings. The van der Waals surface area contributed by atoms with Gasteiger partial charge in [0.15, 0.2) is 0 Å². The van der Waals surface area contributed by atoms with Crippen LogP contribution in [0.15, 0.2) is 72.8 Å². The fourth-order valence-electron chi connectivity index (χ4n) is 6.85. The van der Waals surface area contributed by atoms with E-state index < -0.39 is 0 Å². The predicted molar refractivity (Wildman–Crippen MR) is 181 cm³/mol. The van der Waals surface area contributed by atoms with Gasteiger partial charge >= 0.3 is 0 Å². The monoisotopic (exact) mass is 622 g/mol. The van der Waals surface area contributed by atoms with Gasteiger partial charge < -0.3 is 9.47 Å². The molecule has 5 rings (SSSR count). The van der Waals surface area contributed by atoms with E-state index in [9.17, 15) is 20.2 Å². The quantitative estimate of drug-likeness (QED) is 0.136. The van der Waals surface area contributed by atoms with E-state index in [4.69, 9.17) is 9.47 Å². The molecule has 4 aromatic rings. The summed E-state index contributed by atoms with van der Waals surface area (Å²) in [6, 6.07) is 22.5. The smallest absolute Gasteiger partial charge is 0.272 e. The van der Waals surface area contributed by atoms with Crippen LogP contribution in [0.25, 0.3) is 0 Å². The van der Waals surface area contributed by atoms with Crippen LogP contribution in [-0.4, -0.2) is 9.85 Å². The molecule has 0 saturated heterocycles. The first-order chi connectivity index (χ1) is 21.7. The molecule has 4 aromatic carbocycles. The lowest BCUT2D eigenvalue weighted by Crippen LogP contribution is -2.37. The molecule has 8 heteroatoms. The molecule has 1 saturated carbocycles. The summed E-state index contributed by atoms with van der Waals surface area (Å²) in [5.74, 6) is 3.20. The van der Waals surface area contributed by atoms with Gasteiger partial charge in [-0.3, -0.25) is 20.2 Å². The van der Waals surface area contributed by atoms with Crippen molar-refractivity contribution in [2.24, 2.45) is 5.92 Å². The first-order valence-electron chi connectivity index (χ1n) is 15.8. The topological polar surface area (TPSA) is 105 Å². The molecule has 240 valence electrons. The first kappa shape index (κ1) is 32.7. The van der Waals surface area contributed by atoms with Crippen LogP contribution in [0, 0.1) is 53.8 Å². The van der Waals surface area contributed by atoms with Crippen molar-refractivity contribution in [1.82, 2.24) is 0 Å². The van der Waals surface area contributed by atoms with Crippen LogP contribution in [0.3, 0.4) is 0 Å². The lowest BCUT2D eigenvalue weighted by Gasteiger charge is -2.44. The number of benzene rings is 4.